The van der Waals surface area contributed by atoms with Gasteiger partial charge in [0.15, 0.2) is 0 Å². The van der Waals surface area contributed by atoms with Crippen molar-refractivity contribution in [1.82, 2.24) is 35.0 Å². The molecular formula is C14H30BN10. The van der Waals surface area contributed by atoms with Crippen LogP contribution in [0, 0.1) is 0 Å². The maximum absolute atomic E-state index is 4.25. The predicted molar refractivity (Wildman–Crippen MR) is 100 cm³/mol. The SMILES string of the molecule is CC(C)N(C1=[N+]N=NN1[BH2-]n1nnnc1N(C(C)C)C(C)C)C(C)C. The Labute approximate surface area is 150 Å². The molecule has 2 heterocycles. The first-order chi connectivity index (χ1) is 11.7. The highest BCUT2D eigenvalue weighted by atomic mass is 15.7. The van der Waals surface area contributed by atoms with Gasteiger partial charge in [0.1, 0.15) is 5.22 Å². The highest BCUT2D eigenvalue weighted by molar-refractivity contribution is 6.35. The first-order valence-electron chi connectivity index (χ1n) is 9.09. The van der Waals surface area contributed by atoms with E-state index in [1.807, 2.05) is 9.51 Å². The third kappa shape index (κ3) is 4.08. The first kappa shape index (κ1) is 19.1. The fraction of sp³-hybridized carbons (Fsp3) is 0.857. The van der Waals surface area contributed by atoms with Gasteiger partial charge in [-0.2, -0.15) is 0 Å². The molecular weight excluding hydrogens is 319 g/mol. The summed E-state index contributed by atoms with van der Waals surface area (Å²) in [5.74, 6) is 1.54. The maximum Gasteiger partial charge on any atom is 0.359 e. The summed E-state index contributed by atoms with van der Waals surface area (Å²) >= 11 is 0. The lowest BCUT2D eigenvalue weighted by Gasteiger charge is -2.33. The van der Waals surface area contributed by atoms with Crippen LogP contribution in [-0.4, -0.2) is 67.6 Å². The summed E-state index contributed by atoms with van der Waals surface area (Å²) in [6.07, 6.45) is 0. The van der Waals surface area contributed by atoms with Gasteiger partial charge < -0.3 is 9.49 Å². The van der Waals surface area contributed by atoms with Gasteiger partial charge in [-0.05, 0) is 60.6 Å². The van der Waals surface area contributed by atoms with E-state index in [4.69, 9.17) is 0 Å². The van der Waals surface area contributed by atoms with Crippen molar-refractivity contribution in [2.75, 3.05) is 4.90 Å². The number of rotatable bonds is 7. The minimum absolute atomic E-state index is 0.299. The molecule has 0 aromatic carbocycles. The van der Waals surface area contributed by atoms with Crippen molar-refractivity contribution < 1.29 is 0 Å². The number of nitrogens with zero attached hydrogens (tertiary/aromatic N) is 10. The molecule has 0 aliphatic carbocycles. The zero-order chi connectivity index (χ0) is 18.7. The molecule has 0 atom stereocenters. The Kier molecular flexibility index (Phi) is 5.96. The van der Waals surface area contributed by atoms with Gasteiger partial charge in [0, 0.05) is 17.2 Å². The molecule has 0 N–H and O–H groups in total. The third-order valence-corrected chi connectivity index (χ3v) is 4.26. The molecule has 11 heteroatoms. The average Bonchev–Trinajstić information content (AvgIpc) is 3.09. The van der Waals surface area contributed by atoms with E-state index < -0.39 is 7.55 Å². The number of aromatic nitrogens is 4. The zero-order valence-corrected chi connectivity index (χ0v) is 16.8. The van der Waals surface area contributed by atoms with E-state index >= 15 is 0 Å². The molecule has 0 saturated carbocycles. The lowest BCUT2D eigenvalue weighted by Crippen LogP contribution is -2.51. The van der Waals surface area contributed by atoms with Crippen molar-refractivity contribution in [2.24, 2.45) is 10.4 Å². The summed E-state index contributed by atoms with van der Waals surface area (Å²) in [4.78, 5) is 6.27. The van der Waals surface area contributed by atoms with E-state index in [-0.39, 0.29) is 0 Å². The minimum atomic E-state index is -0.993. The molecule has 0 amide bonds. The van der Waals surface area contributed by atoms with Crippen LogP contribution < -0.4 is 10.0 Å². The zero-order valence-electron chi connectivity index (χ0n) is 16.8. The minimum Gasteiger partial charge on any atom is -0.359 e. The Bertz CT molecular complexity index is 605. The van der Waals surface area contributed by atoms with Crippen LogP contribution in [0.5, 0.6) is 0 Å². The van der Waals surface area contributed by atoms with Crippen molar-refractivity contribution in [3.8, 4) is 0 Å². The number of guanidine groups is 1. The molecule has 0 bridgehead atoms. The third-order valence-electron chi connectivity index (χ3n) is 4.26. The fourth-order valence-corrected chi connectivity index (χ4v) is 3.44. The maximum atomic E-state index is 4.25. The number of hydrogen-bond donors (Lipinski definition) is 0. The molecule has 1 radical (unpaired) electrons. The van der Waals surface area contributed by atoms with E-state index in [0.717, 1.165) is 11.9 Å². The van der Waals surface area contributed by atoms with Crippen molar-refractivity contribution in [2.45, 2.75) is 79.6 Å². The first-order valence-corrected chi connectivity index (χ1v) is 9.09. The molecule has 1 aromatic heterocycles. The molecule has 1 aromatic rings. The summed E-state index contributed by atoms with van der Waals surface area (Å²) in [7, 11) is -0.993. The van der Waals surface area contributed by atoms with Crippen molar-refractivity contribution >= 4 is 19.5 Å². The molecule has 0 spiro atoms. The smallest absolute Gasteiger partial charge is 0.359 e. The summed E-state index contributed by atoms with van der Waals surface area (Å²) in [5, 5.41) is 24.7. The summed E-state index contributed by atoms with van der Waals surface area (Å²) < 4.78 is 1.86. The predicted octanol–water partition coefficient (Wildman–Crippen LogP) is 0.552. The van der Waals surface area contributed by atoms with Crippen LogP contribution in [0.4, 0.5) is 5.95 Å². The van der Waals surface area contributed by atoms with Crippen LogP contribution in [0.25, 0.3) is 0 Å². The Balaban J connectivity index is 2.25. The van der Waals surface area contributed by atoms with Crippen LogP contribution >= 0.6 is 0 Å². The van der Waals surface area contributed by atoms with Crippen LogP contribution in [0.2, 0.25) is 0 Å². The van der Waals surface area contributed by atoms with Crippen molar-refractivity contribution in [3.63, 3.8) is 0 Å². The molecule has 0 saturated heterocycles. The van der Waals surface area contributed by atoms with Gasteiger partial charge >= 0.3 is 5.96 Å². The van der Waals surface area contributed by atoms with Crippen molar-refractivity contribution in [3.05, 3.63) is 0 Å². The summed E-state index contributed by atoms with van der Waals surface area (Å²) in [6.45, 7) is 17.1. The van der Waals surface area contributed by atoms with Gasteiger partial charge in [-0.15, -0.1) is 0 Å². The Hall–Kier alpha value is -2.20. The standard InChI is InChI=1S/C14H30BN10/c1-9(2)22(10(3)4)13-16-18-20-24(13)15-25-14(17-19-21-25)23(11(5)6)12(7)8/h9-12H,15H2,1-8H3. The molecule has 0 fully saturated rings. The largest absolute Gasteiger partial charge is 0.359 e. The van der Waals surface area contributed by atoms with E-state index in [2.05, 4.69) is 96.3 Å². The normalized spacial score (nSPS) is 14.4. The van der Waals surface area contributed by atoms with E-state index in [0.29, 0.717) is 24.2 Å². The van der Waals surface area contributed by atoms with Crippen LogP contribution in [0.3, 0.4) is 0 Å². The van der Waals surface area contributed by atoms with Crippen LogP contribution in [0.1, 0.15) is 55.4 Å². The van der Waals surface area contributed by atoms with Gasteiger partial charge in [0.25, 0.3) is 7.55 Å². The molecule has 10 nitrogen and oxygen atoms in total. The average molecular weight is 349 g/mol. The second-order valence-electron chi connectivity index (χ2n) is 7.59. The molecule has 1 aliphatic rings. The Morgan fingerprint density at radius 1 is 0.880 bits per heavy atom. The molecule has 2 rings (SSSR count). The van der Waals surface area contributed by atoms with Gasteiger partial charge in [0.2, 0.25) is 5.95 Å². The van der Waals surface area contributed by atoms with E-state index in [9.17, 15) is 0 Å². The lowest BCUT2D eigenvalue weighted by atomic mass is 10.1. The number of hydrogen-bond acceptors (Lipinski definition) is 9. The van der Waals surface area contributed by atoms with Gasteiger partial charge in [-0.1, -0.05) is 10.3 Å². The highest BCUT2D eigenvalue weighted by Gasteiger charge is 2.33. The topological polar surface area (TPSA) is 92.1 Å². The van der Waals surface area contributed by atoms with Crippen LogP contribution in [-0.2, 0) is 0 Å². The highest BCUT2D eigenvalue weighted by Crippen LogP contribution is 2.17. The molecule has 0 unspecified atom stereocenters. The van der Waals surface area contributed by atoms with E-state index in [1.165, 1.54) is 0 Å². The quantitative estimate of drug-likeness (QED) is 0.668. The lowest BCUT2D eigenvalue weighted by molar-refractivity contribution is 0.268. The summed E-state index contributed by atoms with van der Waals surface area (Å²) in [5.41, 5.74) is 0. The Morgan fingerprint density at radius 3 is 1.96 bits per heavy atom. The summed E-state index contributed by atoms with van der Waals surface area (Å²) in [6, 6.07) is 1.19. The second-order valence-corrected chi connectivity index (χ2v) is 7.59. The molecule has 1 aliphatic heterocycles. The number of tetrazole rings is 1. The van der Waals surface area contributed by atoms with Gasteiger partial charge in [-0.3, -0.25) is 9.82 Å². The van der Waals surface area contributed by atoms with Gasteiger partial charge in [-0.25, -0.2) is 0 Å². The number of anilines is 1. The van der Waals surface area contributed by atoms with Crippen molar-refractivity contribution in [1.29, 1.82) is 0 Å². The van der Waals surface area contributed by atoms with Gasteiger partial charge in [0.05, 0.1) is 17.3 Å². The second kappa shape index (κ2) is 7.79. The molecule has 139 valence electrons. The molecule has 25 heavy (non-hydrogen) atoms. The van der Waals surface area contributed by atoms with E-state index in [1.54, 1.807) is 0 Å². The monoisotopic (exact) mass is 349 g/mol. The Morgan fingerprint density at radius 2 is 1.44 bits per heavy atom. The fourth-order valence-electron chi connectivity index (χ4n) is 3.44. The van der Waals surface area contributed by atoms with Crippen LogP contribution in [0.15, 0.2) is 10.4 Å².